The highest BCUT2D eigenvalue weighted by molar-refractivity contribution is 7.18. The van der Waals surface area contributed by atoms with Gasteiger partial charge in [0.15, 0.2) is 11.6 Å². The van der Waals surface area contributed by atoms with E-state index in [1.807, 2.05) is 0 Å². The van der Waals surface area contributed by atoms with Crippen LogP contribution in [0, 0.1) is 5.82 Å². The molecule has 0 aliphatic rings. The number of ether oxygens (including phenoxy) is 1. The zero-order valence-corrected chi connectivity index (χ0v) is 14.1. The van der Waals surface area contributed by atoms with E-state index in [1.165, 1.54) is 19.6 Å². The van der Waals surface area contributed by atoms with E-state index in [-0.39, 0.29) is 21.3 Å². The molecule has 1 heterocycles. The topological polar surface area (TPSA) is 78.3 Å². The van der Waals surface area contributed by atoms with Gasteiger partial charge in [-0.1, -0.05) is 31.9 Å². The Morgan fingerprint density at radius 1 is 1.36 bits per heavy atom. The maximum absolute atomic E-state index is 13.5. The van der Waals surface area contributed by atoms with E-state index in [9.17, 15) is 9.18 Å². The predicted octanol–water partition coefficient (Wildman–Crippen LogP) is 4.31. The van der Waals surface area contributed by atoms with Crippen LogP contribution in [0.5, 0.6) is 5.75 Å². The molecule has 7 heteroatoms. The van der Waals surface area contributed by atoms with Crippen molar-refractivity contribution >= 4 is 34.5 Å². The van der Waals surface area contributed by atoms with Gasteiger partial charge in [-0.25, -0.2) is 4.39 Å². The van der Waals surface area contributed by atoms with Gasteiger partial charge in [0.1, 0.15) is 4.88 Å². The van der Waals surface area contributed by atoms with Gasteiger partial charge in [0, 0.05) is 10.4 Å². The summed E-state index contributed by atoms with van der Waals surface area (Å²) >= 11 is 7.09. The first-order valence-corrected chi connectivity index (χ1v) is 7.77. The second-order valence-corrected chi connectivity index (χ2v) is 5.89. The Bertz CT molecular complexity index is 674. The Morgan fingerprint density at radius 3 is 2.41 bits per heavy atom. The van der Waals surface area contributed by atoms with E-state index >= 15 is 0 Å². The van der Waals surface area contributed by atoms with Crippen molar-refractivity contribution in [3.8, 4) is 16.2 Å². The van der Waals surface area contributed by atoms with Gasteiger partial charge in [0.25, 0.3) is 5.91 Å². The van der Waals surface area contributed by atoms with E-state index in [2.05, 4.69) is 13.8 Å². The standard InChI is InChI=1S/C12H10ClFN2O2S.C3H8/c1-18-9-2-5(6(13)3-7(9)14)10-4-8(15)11(19-10)12(16)17;1-3-2/h2-4H,15H2,1H3,(H2,16,17);3H2,1-2H3. The number of rotatable bonds is 3. The third kappa shape index (κ3) is 4.11. The number of methoxy groups -OCH3 is 1. The van der Waals surface area contributed by atoms with Gasteiger partial charge in [-0.2, -0.15) is 0 Å². The Labute approximate surface area is 137 Å². The lowest BCUT2D eigenvalue weighted by molar-refractivity contribution is 0.100. The monoisotopic (exact) mass is 344 g/mol. The third-order valence-electron chi connectivity index (χ3n) is 2.49. The SMILES string of the molecule is CCC.COc1cc(-c2cc(N)c(C(N)=O)s2)c(Cl)cc1F. The first-order chi connectivity index (χ1) is 10.3. The van der Waals surface area contributed by atoms with E-state index in [4.69, 9.17) is 27.8 Å². The lowest BCUT2D eigenvalue weighted by atomic mass is 10.1. The van der Waals surface area contributed by atoms with Gasteiger partial charge >= 0.3 is 0 Å². The molecule has 0 unspecified atom stereocenters. The highest BCUT2D eigenvalue weighted by Crippen LogP contribution is 2.39. The molecule has 4 N–H and O–H groups in total. The summed E-state index contributed by atoms with van der Waals surface area (Å²) in [7, 11) is 1.35. The number of hydrogen-bond acceptors (Lipinski definition) is 4. The minimum Gasteiger partial charge on any atom is -0.494 e. The molecule has 2 rings (SSSR count). The fourth-order valence-electron chi connectivity index (χ4n) is 1.60. The normalized spacial score (nSPS) is 9.86. The van der Waals surface area contributed by atoms with Crippen LogP contribution >= 0.6 is 22.9 Å². The molecule has 0 aliphatic heterocycles. The molecule has 1 amide bonds. The molecular weight excluding hydrogens is 327 g/mol. The van der Waals surface area contributed by atoms with Crippen molar-refractivity contribution in [2.75, 3.05) is 12.8 Å². The molecule has 0 bridgehead atoms. The lowest BCUT2D eigenvalue weighted by Gasteiger charge is -2.06. The summed E-state index contributed by atoms with van der Waals surface area (Å²) in [5, 5.41) is 0.204. The molecule has 1 aromatic carbocycles. The van der Waals surface area contributed by atoms with Crippen molar-refractivity contribution < 1.29 is 13.9 Å². The summed E-state index contributed by atoms with van der Waals surface area (Å²) in [5.74, 6) is -1.11. The molecule has 0 saturated carbocycles. The number of carbonyl (C=O) groups excluding carboxylic acids is 1. The van der Waals surface area contributed by atoms with Crippen LogP contribution in [0.15, 0.2) is 18.2 Å². The van der Waals surface area contributed by atoms with Crippen LogP contribution in [-0.2, 0) is 0 Å². The summed E-state index contributed by atoms with van der Waals surface area (Å²) in [5.41, 5.74) is 11.7. The maximum atomic E-state index is 13.5. The van der Waals surface area contributed by atoms with Crippen molar-refractivity contribution in [2.24, 2.45) is 5.73 Å². The van der Waals surface area contributed by atoms with Gasteiger partial charge < -0.3 is 16.2 Å². The van der Waals surface area contributed by atoms with Crippen LogP contribution in [0.2, 0.25) is 5.02 Å². The fourth-order valence-corrected chi connectivity index (χ4v) is 2.87. The van der Waals surface area contributed by atoms with E-state index in [0.717, 1.165) is 17.4 Å². The number of hydrogen-bond donors (Lipinski definition) is 2. The molecule has 22 heavy (non-hydrogen) atoms. The zero-order chi connectivity index (χ0) is 16.9. The summed E-state index contributed by atoms with van der Waals surface area (Å²) in [4.78, 5) is 12.0. The minimum atomic E-state index is -0.612. The zero-order valence-electron chi connectivity index (χ0n) is 12.6. The molecular formula is C15H18ClFN2O2S. The van der Waals surface area contributed by atoms with E-state index in [0.29, 0.717) is 10.4 Å². The molecule has 0 radical (unpaired) electrons. The second kappa shape index (κ2) is 8.00. The smallest absolute Gasteiger partial charge is 0.260 e. The predicted molar refractivity (Wildman–Crippen MR) is 90.2 cm³/mol. The molecule has 120 valence electrons. The van der Waals surface area contributed by atoms with Crippen LogP contribution < -0.4 is 16.2 Å². The van der Waals surface area contributed by atoms with E-state index in [1.54, 1.807) is 6.07 Å². The molecule has 0 saturated heterocycles. The molecule has 0 atom stereocenters. The Kier molecular flexibility index (Phi) is 6.64. The number of amides is 1. The largest absolute Gasteiger partial charge is 0.494 e. The number of benzene rings is 1. The summed E-state index contributed by atoms with van der Waals surface area (Å²) in [6.45, 7) is 4.25. The van der Waals surface area contributed by atoms with Crippen LogP contribution in [0.3, 0.4) is 0 Å². The average Bonchev–Trinajstić information content (AvgIpc) is 2.82. The van der Waals surface area contributed by atoms with Gasteiger partial charge in [0.2, 0.25) is 0 Å². The van der Waals surface area contributed by atoms with Crippen molar-refractivity contribution in [3.63, 3.8) is 0 Å². The Balaban J connectivity index is 0.000000745. The number of nitrogens with two attached hydrogens (primary N) is 2. The number of primary amides is 1. The highest BCUT2D eigenvalue weighted by Gasteiger charge is 2.16. The van der Waals surface area contributed by atoms with Crippen molar-refractivity contribution in [1.29, 1.82) is 0 Å². The Hall–Kier alpha value is -1.79. The Morgan fingerprint density at radius 2 is 1.95 bits per heavy atom. The number of carbonyl (C=O) groups is 1. The summed E-state index contributed by atoms with van der Waals surface area (Å²) < 4.78 is 18.3. The minimum absolute atomic E-state index is 0.0620. The average molecular weight is 345 g/mol. The van der Waals surface area contributed by atoms with Crippen LogP contribution in [0.25, 0.3) is 10.4 Å². The fraction of sp³-hybridized carbons (Fsp3) is 0.267. The molecule has 0 fully saturated rings. The first kappa shape index (κ1) is 18.3. The maximum Gasteiger partial charge on any atom is 0.260 e. The number of halogens is 2. The second-order valence-electron chi connectivity index (χ2n) is 4.43. The number of nitrogen functional groups attached to an aromatic ring is 1. The lowest BCUT2D eigenvalue weighted by Crippen LogP contribution is -2.10. The third-order valence-corrected chi connectivity index (χ3v) is 4.00. The van der Waals surface area contributed by atoms with Gasteiger partial charge in [-0.05, 0) is 18.2 Å². The molecule has 2 aromatic rings. The first-order valence-electron chi connectivity index (χ1n) is 6.58. The van der Waals surface area contributed by atoms with Crippen molar-refractivity contribution in [3.05, 3.63) is 33.9 Å². The van der Waals surface area contributed by atoms with Crippen molar-refractivity contribution in [2.45, 2.75) is 20.3 Å². The number of thiophene rings is 1. The summed E-state index contributed by atoms with van der Waals surface area (Å²) in [6.07, 6.45) is 1.25. The van der Waals surface area contributed by atoms with Gasteiger partial charge in [0.05, 0.1) is 17.8 Å². The van der Waals surface area contributed by atoms with Gasteiger partial charge in [-0.15, -0.1) is 11.3 Å². The molecule has 4 nitrogen and oxygen atoms in total. The van der Waals surface area contributed by atoms with Crippen LogP contribution in [-0.4, -0.2) is 13.0 Å². The quantitative estimate of drug-likeness (QED) is 0.870. The van der Waals surface area contributed by atoms with E-state index < -0.39 is 11.7 Å². The van der Waals surface area contributed by atoms with Gasteiger partial charge in [-0.3, -0.25) is 4.79 Å². The number of anilines is 1. The molecule has 0 aliphatic carbocycles. The molecule has 0 spiro atoms. The summed E-state index contributed by atoms with van der Waals surface area (Å²) in [6, 6.07) is 4.17. The van der Waals surface area contributed by atoms with Crippen LogP contribution in [0.4, 0.5) is 10.1 Å². The van der Waals surface area contributed by atoms with Crippen molar-refractivity contribution in [1.82, 2.24) is 0 Å². The van der Waals surface area contributed by atoms with Crippen LogP contribution in [0.1, 0.15) is 29.9 Å². The molecule has 1 aromatic heterocycles. The highest BCUT2D eigenvalue weighted by atomic mass is 35.5.